The second-order valence-electron chi connectivity index (χ2n) is 7.67. The lowest BCUT2D eigenvalue weighted by Gasteiger charge is -2.57. The van der Waals surface area contributed by atoms with E-state index in [1.54, 1.807) is 7.11 Å². The largest absolute Gasteiger partial charge is 0.493 e. The first-order valence-corrected chi connectivity index (χ1v) is 9.18. The number of likely N-dealkylation sites (tertiary alicyclic amines) is 1. The van der Waals surface area contributed by atoms with E-state index in [0.29, 0.717) is 12.0 Å². The Balaban J connectivity index is 1.73. The SMILES string of the molecule is CCCN1CC[C@]23c4c5ccc(OC)c4OC2C(O)C=CC3[C@H]1C5. The highest BCUT2D eigenvalue weighted by Crippen LogP contribution is 2.62. The molecule has 24 heavy (non-hydrogen) atoms. The number of hydrogen-bond acceptors (Lipinski definition) is 4. The lowest BCUT2D eigenvalue weighted by molar-refractivity contribution is -0.0515. The molecule has 4 aliphatic rings. The van der Waals surface area contributed by atoms with Crippen LogP contribution in [-0.2, 0) is 11.8 Å². The Morgan fingerprint density at radius 2 is 2.25 bits per heavy atom. The van der Waals surface area contributed by atoms with Gasteiger partial charge >= 0.3 is 0 Å². The van der Waals surface area contributed by atoms with Gasteiger partial charge in [-0.1, -0.05) is 25.1 Å². The van der Waals surface area contributed by atoms with Crippen molar-refractivity contribution in [1.82, 2.24) is 4.90 Å². The van der Waals surface area contributed by atoms with E-state index in [0.717, 1.165) is 37.4 Å². The molecule has 0 aromatic heterocycles. The minimum Gasteiger partial charge on any atom is -0.493 e. The van der Waals surface area contributed by atoms with Crippen molar-refractivity contribution >= 4 is 0 Å². The van der Waals surface area contributed by atoms with Gasteiger partial charge in [-0.15, -0.1) is 0 Å². The number of benzene rings is 1. The number of hydrogen-bond donors (Lipinski definition) is 1. The number of methoxy groups -OCH3 is 1. The zero-order valence-corrected chi connectivity index (χ0v) is 14.4. The Hall–Kier alpha value is -1.52. The van der Waals surface area contributed by atoms with Crippen molar-refractivity contribution in [2.45, 2.75) is 49.9 Å². The lowest BCUT2D eigenvalue weighted by atomic mass is 9.53. The second kappa shape index (κ2) is 4.99. The van der Waals surface area contributed by atoms with E-state index in [1.807, 2.05) is 12.1 Å². The van der Waals surface area contributed by atoms with E-state index in [2.05, 4.69) is 24.0 Å². The van der Waals surface area contributed by atoms with Crippen LogP contribution in [-0.4, -0.2) is 48.5 Å². The number of rotatable bonds is 3. The summed E-state index contributed by atoms with van der Waals surface area (Å²) in [4.78, 5) is 2.65. The molecule has 0 radical (unpaired) electrons. The molecule has 0 saturated carbocycles. The van der Waals surface area contributed by atoms with Crippen molar-refractivity contribution in [2.75, 3.05) is 20.2 Å². The summed E-state index contributed by atoms with van der Waals surface area (Å²) in [5, 5.41) is 10.7. The fourth-order valence-corrected chi connectivity index (χ4v) is 5.85. The Morgan fingerprint density at radius 1 is 1.38 bits per heavy atom. The van der Waals surface area contributed by atoms with Crippen LogP contribution in [0.15, 0.2) is 24.3 Å². The summed E-state index contributed by atoms with van der Waals surface area (Å²) in [5.74, 6) is 2.11. The van der Waals surface area contributed by atoms with Crippen LogP contribution in [0, 0.1) is 5.92 Å². The third-order valence-corrected chi connectivity index (χ3v) is 6.70. The standard InChI is InChI=1S/C20H25NO3/c1-3-9-21-10-8-20-13-5-6-15(22)19(20)24-18-16(23-2)7-4-12(17(18)20)11-14(13)21/h4-7,13-15,19,22H,3,8-11H2,1-2H3/t13?,14-,15?,19?,20+/m1/s1. The van der Waals surface area contributed by atoms with Gasteiger partial charge in [0.15, 0.2) is 11.5 Å². The summed E-state index contributed by atoms with van der Waals surface area (Å²) in [5.41, 5.74) is 2.63. The Labute approximate surface area is 143 Å². The first-order valence-electron chi connectivity index (χ1n) is 9.18. The first kappa shape index (κ1) is 14.8. The van der Waals surface area contributed by atoms with Crippen LogP contribution in [0.25, 0.3) is 0 Å². The van der Waals surface area contributed by atoms with E-state index < -0.39 is 6.10 Å². The molecule has 4 heteroatoms. The molecule has 1 N–H and O–H groups in total. The summed E-state index contributed by atoms with van der Waals surface area (Å²) in [6, 6.07) is 4.76. The Morgan fingerprint density at radius 3 is 3.04 bits per heavy atom. The molecule has 2 aliphatic heterocycles. The second-order valence-corrected chi connectivity index (χ2v) is 7.67. The van der Waals surface area contributed by atoms with Crippen molar-refractivity contribution in [1.29, 1.82) is 0 Å². The zero-order valence-electron chi connectivity index (χ0n) is 14.4. The fourth-order valence-electron chi connectivity index (χ4n) is 5.85. The molecule has 1 aromatic carbocycles. The molecule has 2 bridgehead atoms. The van der Waals surface area contributed by atoms with Gasteiger partial charge in [-0.3, -0.25) is 4.90 Å². The predicted molar refractivity (Wildman–Crippen MR) is 91.7 cm³/mol. The summed E-state index contributed by atoms with van der Waals surface area (Å²) in [6.45, 7) is 4.50. The maximum absolute atomic E-state index is 10.7. The molecule has 4 nitrogen and oxygen atoms in total. The molecular formula is C20H25NO3. The van der Waals surface area contributed by atoms with Gasteiger partial charge in [0.05, 0.1) is 7.11 Å². The van der Waals surface area contributed by atoms with Gasteiger partial charge in [0.25, 0.3) is 0 Å². The lowest BCUT2D eigenvalue weighted by Crippen LogP contribution is -2.65. The Kier molecular flexibility index (Phi) is 3.08. The van der Waals surface area contributed by atoms with Crippen molar-refractivity contribution in [3.05, 3.63) is 35.4 Å². The molecule has 5 rings (SSSR count). The molecule has 2 heterocycles. The quantitative estimate of drug-likeness (QED) is 0.865. The van der Waals surface area contributed by atoms with Crippen LogP contribution < -0.4 is 9.47 Å². The van der Waals surface area contributed by atoms with E-state index in [-0.39, 0.29) is 11.5 Å². The van der Waals surface area contributed by atoms with Gasteiger partial charge in [0.2, 0.25) is 0 Å². The van der Waals surface area contributed by atoms with E-state index in [1.165, 1.54) is 17.5 Å². The minimum atomic E-state index is -0.539. The molecule has 5 atom stereocenters. The number of aliphatic hydroxyl groups is 1. The van der Waals surface area contributed by atoms with Crippen molar-refractivity contribution in [3.63, 3.8) is 0 Å². The number of piperidine rings is 1. The summed E-state index contributed by atoms with van der Waals surface area (Å²) < 4.78 is 11.9. The van der Waals surface area contributed by atoms with Crippen LogP contribution in [0.4, 0.5) is 0 Å². The van der Waals surface area contributed by atoms with Crippen LogP contribution in [0.1, 0.15) is 30.9 Å². The minimum absolute atomic E-state index is 0.0828. The van der Waals surface area contributed by atoms with Gasteiger partial charge in [0.1, 0.15) is 12.2 Å². The number of aliphatic hydroxyl groups excluding tert-OH is 1. The maximum Gasteiger partial charge on any atom is 0.165 e. The van der Waals surface area contributed by atoms with Crippen LogP contribution >= 0.6 is 0 Å². The van der Waals surface area contributed by atoms with Crippen molar-refractivity contribution in [3.8, 4) is 11.5 Å². The molecule has 1 fully saturated rings. The normalized spacial score (nSPS) is 38.6. The molecule has 128 valence electrons. The number of ether oxygens (including phenoxy) is 2. The van der Waals surface area contributed by atoms with Gasteiger partial charge in [-0.25, -0.2) is 0 Å². The highest BCUT2D eigenvalue weighted by molar-refractivity contribution is 5.62. The maximum atomic E-state index is 10.7. The molecular weight excluding hydrogens is 302 g/mol. The summed E-state index contributed by atoms with van der Waals surface area (Å²) in [7, 11) is 1.70. The predicted octanol–water partition coefficient (Wildman–Crippen LogP) is 2.28. The van der Waals surface area contributed by atoms with Gasteiger partial charge in [-0.05, 0) is 44.0 Å². The van der Waals surface area contributed by atoms with Crippen molar-refractivity contribution in [2.24, 2.45) is 5.92 Å². The molecule has 1 aromatic rings. The molecule has 1 spiro atoms. The topological polar surface area (TPSA) is 41.9 Å². The highest BCUT2D eigenvalue weighted by Gasteiger charge is 2.64. The highest BCUT2D eigenvalue weighted by atomic mass is 16.5. The molecule has 3 unspecified atom stereocenters. The number of nitrogens with zero attached hydrogens (tertiary/aromatic N) is 1. The third-order valence-electron chi connectivity index (χ3n) is 6.70. The monoisotopic (exact) mass is 327 g/mol. The zero-order chi connectivity index (χ0) is 16.5. The first-order chi connectivity index (χ1) is 11.7. The smallest absolute Gasteiger partial charge is 0.165 e. The van der Waals surface area contributed by atoms with Crippen LogP contribution in [0.3, 0.4) is 0 Å². The van der Waals surface area contributed by atoms with Gasteiger partial charge < -0.3 is 14.6 Å². The van der Waals surface area contributed by atoms with E-state index in [9.17, 15) is 5.11 Å². The summed E-state index contributed by atoms with van der Waals surface area (Å²) >= 11 is 0. The molecule has 1 saturated heterocycles. The fraction of sp³-hybridized carbons (Fsp3) is 0.600. The van der Waals surface area contributed by atoms with Gasteiger partial charge in [-0.2, -0.15) is 0 Å². The molecule has 2 aliphatic carbocycles. The third kappa shape index (κ3) is 1.61. The van der Waals surface area contributed by atoms with E-state index >= 15 is 0 Å². The Bertz CT molecular complexity index is 715. The van der Waals surface area contributed by atoms with E-state index in [4.69, 9.17) is 9.47 Å². The van der Waals surface area contributed by atoms with Crippen molar-refractivity contribution < 1.29 is 14.6 Å². The summed E-state index contributed by atoms with van der Waals surface area (Å²) in [6.07, 6.45) is 6.81. The average Bonchev–Trinajstić information content (AvgIpc) is 2.94. The van der Waals surface area contributed by atoms with Crippen LogP contribution in [0.5, 0.6) is 11.5 Å². The van der Waals surface area contributed by atoms with Crippen LogP contribution in [0.2, 0.25) is 0 Å². The average molecular weight is 327 g/mol. The van der Waals surface area contributed by atoms with Gasteiger partial charge in [0, 0.05) is 22.9 Å². The molecule has 0 amide bonds.